The van der Waals surface area contributed by atoms with Gasteiger partial charge in [-0.3, -0.25) is 0 Å². The molecule has 0 aliphatic carbocycles. The first-order chi connectivity index (χ1) is 10.8. The molecule has 3 rings (SSSR count). The van der Waals surface area contributed by atoms with E-state index in [1.807, 2.05) is 25.2 Å². The number of nitrogens with zero attached hydrogens (tertiary/aromatic N) is 1. The molecular formula is C17H23BN2O2S. The van der Waals surface area contributed by atoms with Crippen LogP contribution in [0.2, 0.25) is 0 Å². The SMILES string of the molecule is CNCC(=Cc1nc2ccccc2s1)B1OC(C)(C)C(C)(C)O1. The van der Waals surface area contributed by atoms with Crippen LogP contribution in [0.15, 0.2) is 29.7 Å². The van der Waals surface area contributed by atoms with Crippen molar-refractivity contribution >= 4 is 34.7 Å². The number of benzene rings is 1. The molecule has 0 amide bonds. The van der Waals surface area contributed by atoms with Crippen LogP contribution in [0.5, 0.6) is 0 Å². The van der Waals surface area contributed by atoms with Crippen molar-refractivity contribution in [3.8, 4) is 0 Å². The minimum atomic E-state index is -0.348. The monoisotopic (exact) mass is 330 g/mol. The minimum Gasteiger partial charge on any atom is -0.400 e. The van der Waals surface area contributed by atoms with Crippen molar-refractivity contribution in [1.29, 1.82) is 0 Å². The summed E-state index contributed by atoms with van der Waals surface area (Å²) in [7, 11) is 1.58. The molecule has 0 radical (unpaired) electrons. The normalized spacial score (nSPS) is 20.4. The number of likely N-dealkylation sites (N-methyl/N-ethyl adjacent to an activating group) is 1. The van der Waals surface area contributed by atoms with E-state index in [0.29, 0.717) is 6.54 Å². The van der Waals surface area contributed by atoms with Crippen molar-refractivity contribution in [3.63, 3.8) is 0 Å². The highest BCUT2D eigenvalue weighted by Gasteiger charge is 2.52. The van der Waals surface area contributed by atoms with Crippen LogP contribution in [0.3, 0.4) is 0 Å². The number of para-hydroxylation sites is 1. The van der Waals surface area contributed by atoms with Crippen molar-refractivity contribution in [1.82, 2.24) is 10.3 Å². The lowest BCUT2D eigenvalue weighted by atomic mass is 9.78. The molecule has 0 spiro atoms. The molecule has 6 heteroatoms. The fourth-order valence-corrected chi connectivity index (χ4v) is 3.46. The van der Waals surface area contributed by atoms with E-state index in [2.05, 4.69) is 50.1 Å². The van der Waals surface area contributed by atoms with E-state index >= 15 is 0 Å². The minimum absolute atomic E-state index is 0.335. The standard InChI is InChI=1S/C17H23BN2O2S/c1-16(2)17(3,4)22-18(21-16)12(11-19-5)10-15-20-13-8-6-7-9-14(13)23-15/h6-10,19H,11H2,1-5H3. The third-order valence-corrected chi connectivity index (χ3v) is 5.54. The summed E-state index contributed by atoms with van der Waals surface area (Å²) in [6.07, 6.45) is 2.09. The second kappa shape index (κ2) is 6.02. The summed E-state index contributed by atoms with van der Waals surface area (Å²) in [5.74, 6) is 0. The average Bonchev–Trinajstić information content (AvgIpc) is 2.96. The second-order valence-corrected chi connectivity index (χ2v) is 7.92. The molecular weight excluding hydrogens is 307 g/mol. The Morgan fingerprint density at radius 1 is 1.22 bits per heavy atom. The summed E-state index contributed by atoms with van der Waals surface area (Å²) in [6.45, 7) is 8.99. The first-order valence-corrected chi connectivity index (χ1v) is 8.70. The van der Waals surface area contributed by atoms with Crippen LogP contribution in [-0.2, 0) is 9.31 Å². The molecule has 122 valence electrons. The Kier molecular flexibility index (Phi) is 4.36. The molecule has 1 N–H and O–H groups in total. The molecule has 23 heavy (non-hydrogen) atoms. The Morgan fingerprint density at radius 2 is 1.87 bits per heavy atom. The number of aromatic nitrogens is 1. The van der Waals surface area contributed by atoms with Crippen LogP contribution >= 0.6 is 11.3 Å². The molecule has 0 bridgehead atoms. The zero-order chi connectivity index (χ0) is 16.7. The smallest absolute Gasteiger partial charge is 0.400 e. The van der Waals surface area contributed by atoms with E-state index in [1.54, 1.807) is 11.3 Å². The lowest BCUT2D eigenvalue weighted by molar-refractivity contribution is 0.00578. The summed E-state index contributed by atoms with van der Waals surface area (Å²) < 4.78 is 13.5. The Labute approximate surface area is 142 Å². The van der Waals surface area contributed by atoms with Crippen LogP contribution in [0.4, 0.5) is 0 Å². The van der Waals surface area contributed by atoms with E-state index in [9.17, 15) is 0 Å². The van der Waals surface area contributed by atoms with Crippen molar-refractivity contribution in [2.24, 2.45) is 0 Å². The van der Waals surface area contributed by atoms with Gasteiger partial charge in [0.05, 0.1) is 21.4 Å². The lowest BCUT2D eigenvalue weighted by Crippen LogP contribution is -2.41. The first-order valence-electron chi connectivity index (χ1n) is 7.89. The third kappa shape index (κ3) is 3.22. The van der Waals surface area contributed by atoms with E-state index < -0.39 is 0 Å². The zero-order valence-corrected chi connectivity index (χ0v) is 15.2. The Hall–Kier alpha value is -1.21. The van der Waals surface area contributed by atoms with Gasteiger partial charge in [-0.15, -0.1) is 11.3 Å². The number of rotatable bonds is 4. The van der Waals surface area contributed by atoms with Gasteiger partial charge in [0.15, 0.2) is 0 Å². The molecule has 1 aliphatic rings. The largest absolute Gasteiger partial charge is 0.491 e. The number of nitrogens with one attached hydrogen (secondary N) is 1. The summed E-state index contributed by atoms with van der Waals surface area (Å²) in [4.78, 5) is 4.68. The van der Waals surface area contributed by atoms with Crippen molar-refractivity contribution in [2.75, 3.05) is 13.6 Å². The van der Waals surface area contributed by atoms with E-state index in [0.717, 1.165) is 16.0 Å². The van der Waals surface area contributed by atoms with Crippen LogP contribution in [-0.4, -0.2) is 36.9 Å². The zero-order valence-electron chi connectivity index (χ0n) is 14.3. The predicted molar refractivity (Wildman–Crippen MR) is 97.6 cm³/mol. The maximum absolute atomic E-state index is 6.17. The number of hydrogen-bond acceptors (Lipinski definition) is 5. The van der Waals surface area contributed by atoms with Crippen LogP contribution in [0.25, 0.3) is 16.3 Å². The maximum Gasteiger partial charge on any atom is 0.491 e. The molecule has 2 heterocycles. The second-order valence-electron chi connectivity index (χ2n) is 6.86. The number of thiazole rings is 1. The molecule has 1 aliphatic heterocycles. The van der Waals surface area contributed by atoms with Gasteiger partial charge in [0, 0.05) is 6.54 Å². The molecule has 1 aromatic heterocycles. The lowest BCUT2D eigenvalue weighted by Gasteiger charge is -2.32. The van der Waals surface area contributed by atoms with Gasteiger partial charge in [-0.1, -0.05) is 12.1 Å². The fraction of sp³-hybridized carbons (Fsp3) is 0.471. The molecule has 0 saturated carbocycles. The maximum atomic E-state index is 6.17. The topological polar surface area (TPSA) is 43.4 Å². The Morgan fingerprint density at radius 3 is 2.48 bits per heavy atom. The molecule has 1 saturated heterocycles. The Balaban J connectivity index is 1.92. The van der Waals surface area contributed by atoms with Crippen LogP contribution in [0.1, 0.15) is 32.7 Å². The number of fused-ring (bicyclic) bond motifs is 1. The Bertz CT molecular complexity index is 690. The predicted octanol–water partition coefficient (Wildman–Crippen LogP) is 3.53. The van der Waals surface area contributed by atoms with Crippen molar-refractivity contribution in [3.05, 3.63) is 34.7 Å². The van der Waals surface area contributed by atoms with Crippen LogP contribution < -0.4 is 5.32 Å². The van der Waals surface area contributed by atoms with Gasteiger partial charge in [-0.25, -0.2) is 4.98 Å². The molecule has 0 atom stereocenters. The molecule has 1 fully saturated rings. The molecule has 4 nitrogen and oxygen atoms in total. The quantitative estimate of drug-likeness (QED) is 0.871. The van der Waals surface area contributed by atoms with Gasteiger partial charge in [-0.2, -0.15) is 0 Å². The summed E-state index contributed by atoms with van der Waals surface area (Å²) in [5, 5.41) is 4.18. The van der Waals surface area contributed by atoms with Crippen molar-refractivity contribution < 1.29 is 9.31 Å². The van der Waals surface area contributed by atoms with Gasteiger partial charge in [0.2, 0.25) is 0 Å². The van der Waals surface area contributed by atoms with E-state index in [-0.39, 0.29) is 18.3 Å². The average molecular weight is 330 g/mol. The van der Waals surface area contributed by atoms with Gasteiger partial charge < -0.3 is 14.6 Å². The highest BCUT2D eigenvalue weighted by Crippen LogP contribution is 2.39. The molecule has 1 aromatic carbocycles. The van der Waals surface area contributed by atoms with Gasteiger partial charge >= 0.3 is 7.12 Å². The highest BCUT2D eigenvalue weighted by molar-refractivity contribution is 7.19. The molecule has 2 aromatic rings. The van der Waals surface area contributed by atoms with E-state index in [1.165, 1.54) is 4.70 Å². The van der Waals surface area contributed by atoms with Gasteiger partial charge in [-0.05, 0) is 58.4 Å². The van der Waals surface area contributed by atoms with Gasteiger partial charge in [0.1, 0.15) is 5.01 Å². The van der Waals surface area contributed by atoms with E-state index in [4.69, 9.17) is 9.31 Å². The number of hydrogen-bond donors (Lipinski definition) is 1. The molecule has 0 unspecified atom stereocenters. The first kappa shape index (κ1) is 16.6. The highest BCUT2D eigenvalue weighted by atomic mass is 32.1. The van der Waals surface area contributed by atoms with Gasteiger partial charge in [0.25, 0.3) is 0 Å². The third-order valence-electron chi connectivity index (χ3n) is 4.56. The fourth-order valence-electron chi connectivity index (χ4n) is 2.51. The van der Waals surface area contributed by atoms with Crippen LogP contribution in [0, 0.1) is 0 Å². The van der Waals surface area contributed by atoms with Crippen molar-refractivity contribution in [2.45, 2.75) is 38.9 Å². The summed E-state index contributed by atoms with van der Waals surface area (Å²) in [6, 6.07) is 8.18. The summed E-state index contributed by atoms with van der Waals surface area (Å²) >= 11 is 1.68. The summed E-state index contributed by atoms with van der Waals surface area (Å²) in [5.41, 5.74) is 1.42.